The summed E-state index contributed by atoms with van der Waals surface area (Å²) in [4.78, 5) is 0. The summed E-state index contributed by atoms with van der Waals surface area (Å²) in [7, 11) is -4.74. The van der Waals surface area contributed by atoms with Gasteiger partial charge in [-0.15, -0.1) is 0 Å². The Balaban J connectivity index is 0.000000762. The first-order valence-corrected chi connectivity index (χ1v) is 43.7. The first-order valence-electron chi connectivity index (χ1n) is 38.8. The Hall–Kier alpha value is -3.00. The van der Waals surface area contributed by atoms with Crippen LogP contribution in [0.1, 0.15) is 359 Å². The van der Waals surface area contributed by atoms with Gasteiger partial charge in [-0.3, -0.25) is 0 Å². The van der Waals surface area contributed by atoms with Crippen LogP contribution in [0.5, 0.6) is 0 Å². The lowest BCUT2D eigenvalue weighted by Gasteiger charge is -2.45. The largest absolute Gasteiger partial charge is 0.404 e. The number of hydrogen-bond acceptors (Lipinski definition) is 2. The van der Waals surface area contributed by atoms with Gasteiger partial charge in [-0.05, 0) is 108 Å². The van der Waals surface area contributed by atoms with E-state index in [1.807, 2.05) is 12.1 Å². The molecule has 0 aliphatic carbocycles. The molecule has 1 N–H and O–H groups in total. The van der Waals surface area contributed by atoms with Gasteiger partial charge in [-0.1, -0.05) is 428 Å². The summed E-state index contributed by atoms with van der Waals surface area (Å²) < 4.78 is 7.67. The molecule has 524 valence electrons. The van der Waals surface area contributed by atoms with E-state index in [1.54, 1.807) is 0 Å². The summed E-state index contributed by atoms with van der Waals surface area (Å²) in [5.74, 6) is 0. The molecule has 0 radical (unpaired) electrons. The molecule has 0 saturated heterocycles. The van der Waals surface area contributed by atoms with Crippen molar-refractivity contribution in [2.45, 2.75) is 381 Å². The normalized spacial score (nSPS) is 12.7. The van der Waals surface area contributed by atoms with Gasteiger partial charge in [0.25, 0.3) is 8.32 Å². The Kier molecular flexibility index (Phi) is 54.0. The zero-order valence-electron chi connectivity index (χ0n) is 61.4. The van der Waals surface area contributed by atoms with E-state index in [9.17, 15) is 5.11 Å². The van der Waals surface area contributed by atoms with Crippen LogP contribution in [0.25, 0.3) is 0 Å². The van der Waals surface area contributed by atoms with Crippen molar-refractivity contribution in [1.29, 1.82) is 0 Å². The fraction of sp³-hybridized carbons (Fsp3) is 0.678. The smallest absolute Gasteiger partial charge is 0.261 e. The Morgan fingerprint density at radius 3 is 0.804 bits per heavy atom. The number of rotatable bonds is 52. The molecule has 0 fully saturated rings. The summed E-state index contributed by atoms with van der Waals surface area (Å²) in [6.45, 7) is 23.1. The molecule has 4 aromatic carbocycles. The molecule has 2 unspecified atom stereocenters. The second-order valence-electron chi connectivity index (χ2n) is 29.3. The summed E-state index contributed by atoms with van der Waals surface area (Å²) in [6, 6.07) is 43.6. The van der Waals surface area contributed by atoms with Gasteiger partial charge in [-0.25, -0.2) is 0 Å². The lowest BCUT2D eigenvalue weighted by atomic mass is 10.0. The predicted octanol–water partition coefficient (Wildman–Crippen LogP) is 27.1. The zero-order valence-corrected chi connectivity index (χ0v) is 64.1. The number of aliphatic hydroxyl groups is 1. The molecule has 0 spiro atoms. The molecular formula is C87H149ClO2Si2. The van der Waals surface area contributed by atoms with Crippen molar-refractivity contribution in [1.82, 2.24) is 0 Å². The summed E-state index contributed by atoms with van der Waals surface area (Å²) in [5.41, 5.74) is 0. The van der Waals surface area contributed by atoms with Crippen LogP contribution in [0.3, 0.4) is 0 Å². The van der Waals surface area contributed by atoms with E-state index in [4.69, 9.17) is 15.5 Å². The second-order valence-corrected chi connectivity index (χ2v) is 39.2. The van der Waals surface area contributed by atoms with E-state index in [1.165, 1.54) is 290 Å². The molecule has 0 aliphatic heterocycles. The highest BCUT2D eigenvalue weighted by molar-refractivity contribution is 7.35. The molecule has 2 nitrogen and oxygen atoms in total. The van der Waals surface area contributed by atoms with Crippen LogP contribution in [-0.2, 0) is 4.43 Å². The molecule has 5 heteroatoms. The Labute approximate surface area is 580 Å². The zero-order chi connectivity index (χ0) is 66.3. The van der Waals surface area contributed by atoms with E-state index >= 15 is 0 Å². The molecule has 0 saturated carbocycles. The maximum atomic E-state index is 10.1. The Bertz CT molecular complexity index is 2150. The number of unbranched alkanes of at least 4 members (excludes halogenated alkanes) is 34. The minimum absolute atomic E-state index is 0. The van der Waals surface area contributed by atoms with Crippen molar-refractivity contribution in [2.24, 2.45) is 0 Å². The van der Waals surface area contributed by atoms with Crippen molar-refractivity contribution in [3.8, 4) is 0 Å². The number of hydrogen-bond donors (Lipinski definition) is 1. The van der Waals surface area contributed by atoms with E-state index in [0.717, 1.165) is 12.8 Å². The molecule has 92 heavy (non-hydrogen) atoms. The van der Waals surface area contributed by atoms with Crippen LogP contribution in [0.4, 0.5) is 0 Å². The van der Waals surface area contributed by atoms with Crippen LogP contribution < -0.4 is 20.7 Å². The van der Waals surface area contributed by atoms with Crippen LogP contribution >= 0.6 is 11.1 Å². The maximum Gasteiger partial charge on any atom is 0.261 e. The minimum Gasteiger partial charge on any atom is -0.404 e. The SMILES string of the molecule is C.CC(C)(C)[Si](Cl)(c1ccccc1)c1ccccc1.CCCCCCC/C=C\CCCCCCCCC(CCCCCCCCC)O[Si](c1ccccc1)(c1ccccc1)C(C)(C)C.CCCCCCC/C=C\CCCCCCCCC(O)CCCCCCCCC. The van der Waals surface area contributed by atoms with E-state index in [2.05, 4.69) is 203 Å². The average molecular weight is 1320 g/mol. The van der Waals surface area contributed by atoms with Crippen molar-refractivity contribution in [3.05, 3.63) is 146 Å². The van der Waals surface area contributed by atoms with Gasteiger partial charge < -0.3 is 9.53 Å². The number of benzene rings is 4. The fourth-order valence-corrected chi connectivity index (χ4v) is 22.2. The van der Waals surface area contributed by atoms with Gasteiger partial charge in [0, 0.05) is 6.10 Å². The molecular weight excluding hydrogens is 1170 g/mol. The summed E-state index contributed by atoms with van der Waals surface area (Å²) >= 11 is 7.21. The third-order valence-corrected chi connectivity index (χ3v) is 31.4. The predicted molar refractivity (Wildman–Crippen MR) is 423 cm³/mol. The number of allylic oxidation sites excluding steroid dienone is 4. The van der Waals surface area contributed by atoms with Crippen molar-refractivity contribution < 1.29 is 9.53 Å². The monoisotopic (exact) mass is 1320 g/mol. The maximum absolute atomic E-state index is 10.1. The third kappa shape index (κ3) is 39.3. The highest BCUT2D eigenvalue weighted by Gasteiger charge is 2.51. The van der Waals surface area contributed by atoms with E-state index in [-0.39, 0.29) is 23.6 Å². The van der Waals surface area contributed by atoms with Crippen LogP contribution in [-0.4, -0.2) is 33.0 Å². The molecule has 0 aromatic heterocycles. The topological polar surface area (TPSA) is 29.5 Å². The quantitative estimate of drug-likeness (QED) is 0.0207. The van der Waals surface area contributed by atoms with Gasteiger partial charge in [0.15, 0.2) is 0 Å². The lowest BCUT2D eigenvalue weighted by molar-refractivity contribution is 0.147. The fourth-order valence-electron chi connectivity index (χ4n) is 13.3. The molecule has 0 aliphatic rings. The highest BCUT2D eigenvalue weighted by Crippen LogP contribution is 2.40. The van der Waals surface area contributed by atoms with Gasteiger partial charge >= 0.3 is 0 Å². The lowest BCUT2D eigenvalue weighted by Crippen LogP contribution is -2.67. The van der Waals surface area contributed by atoms with Gasteiger partial charge in [0.2, 0.25) is 7.38 Å². The first kappa shape index (κ1) is 87.0. The van der Waals surface area contributed by atoms with E-state index < -0.39 is 15.7 Å². The standard InChI is InChI=1S/C43H72OSi.C27H54O.C16H19ClSi.CH4/c1-6-8-10-12-14-15-16-17-18-19-20-21-23-25-29-35-40(34-28-24-22-13-11-9-7-2)44-45(43(3,4)5,41-36-30-26-31-37-41)42-38-32-27-33-39-42;1-3-5-7-9-11-12-13-14-15-16-17-18-20-22-24-26-27(28)25-23-21-19-10-8-6-4-2;1-16(2,3)18(17,14-10-6-4-7-11-14)15-12-8-5-9-13-15;/h16-17,26-27,30-33,36-40H,6-15,18-25,28-29,34-35H2,1-5H3;13-14,27-28H,3-12,15-26H2,1-2H3;4-13H,1-3H3;1H4/b17-16-;14-13-;;. The number of halogens is 1. The molecule has 4 aromatic rings. The molecule has 0 heterocycles. The summed E-state index contributed by atoms with van der Waals surface area (Å²) in [5, 5.41) is 15.6. The Morgan fingerprint density at radius 2 is 0.554 bits per heavy atom. The number of aliphatic hydroxyl groups excluding tert-OH is 1. The second kappa shape index (κ2) is 57.1. The van der Waals surface area contributed by atoms with Crippen molar-refractivity contribution in [3.63, 3.8) is 0 Å². The van der Waals surface area contributed by atoms with Crippen LogP contribution in [0.15, 0.2) is 146 Å². The van der Waals surface area contributed by atoms with Crippen molar-refractivity contribution in [2.75, 3.05) is 0 Å². The molecule has 0 amide bonds. The Morgan fingerprint density at radius 1 is 0.326 bits per heavy atom. The average Bonchev–Trinajstić information content (AvgIpc) is 0.766. The molecule has 4 rings (SSSR count). The molecule has 0 bridgehead atoms. The van der Waals surface area contributed by atoms with Crippen LogP contribution in [0, 0.1) is 0 Å². The first-order chi connectivity index (χ1) is 44.2. The van der Waals surface area contributed by atoms with E-state index in [0.29, 0.717) is 6.10 Å². The van der Waals surface area contributed by atoms with Gasteiger partial charge in [0.1, 0.15) is 0 Å². The van der Waals surface area contributed by atoms with Crippen molar-refractivity contribution >= 4 is 47.5 Å². The van der Waals surface area contributed by atoms with Gasteiger partial charge in [0.05, 0.1) is 6.10 Å². The van der Waals surface area contributed by atoms with Gasteiger partial charge in [-0.2, -0.15) is 11.1 Å². The minimum atomic E-state index is -2.51. The summed E-state index contributed by atoms with van der Waals surface area (Å²) in [6.07, 6.45) is 68.4. The molecule has 2 atom stereocenters. The van der Waals surface area contributed by atoms with Crippen LogP contribution in [0.2, 0.25) is 10.1 Å². The highest BCUT2D eigenvalue weighted by atomic mass is 35.6. The third-order valence-electron chi connectivity index (χ3n) is 19.0.